The average Bonchev–Trinajstić information content (AvgIpc) is 2.71. The van der Waals surface area contributed by atoms with Gasteiger partial charge in [0.05, 0.1) is 17.1 Å². The van der Waals surface area contributed by atoms with Gasteiger partial charge in [0.15, 0.2) is 0 Å². The minimum atomic E-state index is -0.781. The Balaban J connectivity index is 1.70. The smallest absolute Gasteiger partial charge is 0.309 e. The van der Waals surface area contributed by atoms with E-state index in [-0.39, 0.29) is 11.8 Å². The Labute approximate surface area is 129 Å². The van der Waals surface area contributed by atoms with Crippen LogP contribution in [0.3, 0.4) is 0 Å². The van der Waals surface area contributed by atoms with Crippen LogP contribution in [0.4, 0.5) is 0 Å². The zero-order valence-electron chi connectivity index (χ0n) is 12.8. The van der Waals surface area contributed by atoms with Crippen molar-refractivity contribution in [2.75, 3.05) is 0 Å². The predicted octanol–water partition coefficient (Wildman–Crippen LogP) is 4.02. The van der Waals surface area contributed by atoms with Gasteiger partial charge in [-0.2, -0.15) is 0 Å². The summed E-state index contributed by atoms with van der Waals surface area (Å²) in [6.45, 7) is 4.94. The summed E-state index contributed by atoms with van der Waals surface area (Å²) in [6, 6.07) is 0. The van der Waals surface area contributed by atoms with Crippen LogP contribution in [0.5, 0.6) is 0 Å². The molecule has 4 saturated carbocycles. The summed E-state index contributed by atoms with van der Waals surface area (Å²) in [5.74, 6) is 0.0689. The Morgan fingerprint density at radius 1 is 1.29 bits per heavy atom. The van der Waals surface area contributed by atoms with E-state index in [1.807, 2.05) is 5.38 Å². The summed E-state index contributed by atoms with van der Waals surface area (Å²) in [7, 11) is 0. The maximum atomic E-state index is 10.9. The minimum absolute atomic E-state index is 0.0601. The van der Waals surface area contributed by atoms with E-state index < -0.39 is 5.97 Å². The highest BCUT2D eigenvalue weighted by atomic mass is 32.1. The molecule has 0 amide bonds. The SMILES string of the molecule is CC12CC3CC(C)(C1)CC(c1nc(CC(=O)O)cs1)(C3)C2. The molecule has 114 valence electrons. The molecular formula is C17H23NO2S. The molecule has 2 atom stereocenters. The first-order valence-electron chi connectivity index (χ1n) is 7.97. The maximum absolute atomic E-state index is 10.9. The monoisotopic (exact) mass is 305 g/mol. The lowest BCUT2D eigenvalue weighted by molar-refractivity contribution is -0.136. The van der Waals surface area contributed by atoms with Gasteiger partial charge in [-0.25, -0.2) is 4.98 Å². The second-order valence-corrected chi connectivity index (χ2v) is 9.48. The van der Waals surface area contributed by atoms with Gasteiger partial charge in [0.2, 0.25) is 0 Å². The quantitative estimate of drug-likeness (QED) is 0.917. The highest BCUT2D eigenvalue weighted by Gasteiger charge is 2.61. The first-order valence-corrected chi connectivity index (χ1v) is 8.85. The largest absolute Gasteiger partial charge is 0.481 e. The highest BCUT2D eigenvalue weighted by molar-refractivity contribution is 7.09. The van der Waals surface area contributed by atoms with Gasteiger partial charge in [0.1, 0.15) is 0 Å². The Morgan fingerprint density at radius 3 is 2.52 bits per heavy atom. The lowest BCUT2D eigenvalue weighted by Gasteiger charge is -2.64. The van der Waals surface area contributed by atoms with Gasteiger partial charge in [0, 0.05) is 10.8 Å². The molecule has 1 heterocycles. The third kappa shape index (κ3) is 2.14. The second kappa shape index (κ2) is 4.09. The van der Waals surface area contributed by atoms with Crippen molar-refractivity contribution in [1.82, 2.24) is 4.98 Å². The maximum Gasteiger partial charge on any atom is 0.309 e. The number of aromatic nitrogens is 1. The van der Waals surface area contributed by atoms with Crippen LogP contribution in [0.2, 0.25) is 0 Å². The van der Waals surface area contributed by atoms with Gasteiger partial charge in [0.25, 0.3) is 0 Å². The van der Waals surface area contributed by atoms with Gasteiger partial charge < -0.3 is 5.11 Å². The molecule has 4 fully saturated rings. The van der Waals surface area contributed by atoms with Crippen LogP contribution in [0.1, 0.15) is 63.1 Å². The normalized spacial score (nSPS) is 44.2. The molecule has 0 radical (unpaired) electrons. The Bertz CT molecular complexity index is 590. The summed E-state index contributed by atoms with van der Waals surface area (Å²) in [5, 5.41) is 12.1. The summed E-state index contributed by atoms with van der Waals surface area (Å²) in [5.41, 5.74) is 1.94. The zero-order valence-corrected chi connectivity index (χ0v) is 13.6. The van der Waals surface area contributed by atoms with E-state index in [1.54, 1.807) is 11.3 Å². The summed E-state index contributed by atoms with van der Waals surface area (Å²) in [6.07, 6.45) is 7.99. The van der Waals surface area contributed by atoms with Gasteiger partial charge in [-0.3, -0.25) is 4.79 Å². The third-order valence-corrected chi connectivity index (χ3v) is 7.10. The summed E-state index contributed by atoms with van der Waals surface area (Å²) in [4.78, 5) is 15.6. The number of nitrogens with zero attached hydrogens (tertiary/aromatic N) is 1. The Kier molecular flexibility index (Phi) is 2.68. The molecule has 0 aliphatic heterocycles. The van der Waals surface area contributed by atoms with Crippen molar-refractivity contribution in [2.24, 2.45) is 16.7 Å². The topological polar surface area (TPSA) is 50.2 Å². The van der Waals surface area contributed by atoms with Crippen LogP contribution in [-0.2, 0) is 16.6 Å². The molecule has 4 heteroatoms. The van der Waals surface area contributed by atoms with Crippen LogP contribution in [0, 0.1) is 16.7 Å². The molecule has 4 bridgehead atoms. The first kappa shape index (κ1) is 13.7. The molecule has 0 aromatic carbocycles. The molecule has 5 rings (SSSR count). The van der Waals surface area contributed by atoms with Crippen molar-refractivity contribution < 1.29 is 9.90 Å². The van der Waals surface area contributed by atoms with Crippen molar-refractivity contribution in [3.05, 3.63) is 16.1 Å². The van der Waals surface area contributed by atoms with Crippen LogP contribution in [0.15, 0.2) is 5.38 Å². The number of carboxylic acid groups (broad SMARTS) is 1. The van der Waals surface area contributed by atoms with Crippen LogP contribution < -0.4 is 0 Å². The van der Waals surface area contributed by atoms with Crippen LogP contribution in [0.25, 0.3) is 0 Å². The molecule has 2 unspecified atom stereocenters. The van der Waals surface area contributed by atoms with E-state index >= 15 is 0 Å². The molecule has 1 N–H and O–H groups in total. The molecule has 1 aromatic heterocycles. The lowest BCUT2D eigenvalue weighted by atomic mass is 9.40. The van der Waals surface area contributed by atoms with Crippen molar-refractivity contribution in [2.45, 2.75) is 64.2 Å². The van der Waals surface area contributed by atoms with Gasteiger partial charge >= 0.3 is 5.97 Å². The molecule has 21 heavy (non-hydrogen) atoms. The number of carbonyl (C=O) groups is 1. The molecule has 3 nitrogen and oxygen atoms in total. The van der Waals surface area contributed by atoms with E-state index in [1.165, 1.54) is 43.5 Å². The summed E-state index contributed by atoms with van der Waals surface area (Å²) >= 11 is 1.70. The predicted molar refractivity (Wildman–Crippen MR) is 82.5 cm³/mol. The number of aliphatic carboxylic acids is 1. The number of hydrogen-bond donors (Lipinski definition) is 1. The minimum Gasteiger partial charge on any atom is -0.481 e. The lowest BCUT2D eigenvalue weighted by Crippen LogP contribution is -2.56. The molecular weight excluding hydrogens is 282 g/mol. The van der Waals surface area contributed by atoms with Crippen molar-refractivity contribution in [3.8, 4) is 0 Å². The number of carboxylic acids is 1. The van der Waals surface area contributed by atoms with Crippen LogP contribution >= 0.6 is 11.3 Å². The fraction of sp³-hybridized carbons (Fsp3) is 0.765. The fourth-order valence-electron chi connectivity index (χ4n) is 6.47. The Morgan fingerprint density at radius 2 is 1.95 bits per heavy atom. The van der Waals surface area contributed by atoms with Crippen molar-refractivity contribution in [1.29, 1.82) is 0 Å². The molecule has 1 aromatic rings. The molecule has 4 aliphatic carbocycles. The van der Waals surface area contributed by atoms with E-state index in [2.05, 4.69) is 13.8 Å². The molecule has 4 aliphatic rings. The van der Waals surface area contributed by atoms with Gasteiger partial charge in [-0.1, -0.05) is 13.8 Å². The standard InChI is InChI=1S/C17H23NO2S/c1-15-4-11-5-16(2,8-15)10-17(6-11,9-15)14-18-12(7-21-14)3-13(19)20/h7,11H,3-6,8-10H2,1-2H3,(H,19,20). The van der Waals surface area contributed by atoms with E-state index in [0.29, 0.717) is 10.8 Å². The molecule has 0 saturated heterocycles. The van der Waals surface area contributed by atoms with Gasteiger partial charge in [-0.15, -0.1) is 11.3 Å². The van der Waals surface area contributed by atoms with Crippen LogP contribution in [-0.4, -0.2) is 16.1 Å². The third-order valence-electron chi connectivity index (χ3n) is 5.96. The van der Waals surface area contributed by atoms with Crippen molar-refractivity contribution in [3.63, 3.8) is 0 Å². The zero-order chi connectivity index (χ0) is 14.9. The number of rotatable bonds is 3. The van der Waals surface area contributed by atoms with Gasteiger partial charge in [-0.05, 0) is 55.3 Å². The average molecular weight is 305 g/mol. The Hall–Kier alpha value is -0.900. The second-order valence-electron chi connectivity index (χ2n) is 8.62. The summed E-state index contributed by atoms with van der Waals surface area (Å²) < 4.78 is 0. The van der Waals surface area contributed by atoms with Crippen molar-refractivity contribution >= 4 is 17.3 Å². The number of hydrogen-bond acceptors (Lipinski definition) is 3. The number of thiazole rings is 1. The van der Waals surface area contributed by atoms with E-state index in [4.69, 9.17) is 10.1 Å². The van der Waals surface area contributed by atoms with E-state index in [0.717, 1.165) is 11.6 Å². The first-order chi connectivity index (χ1) is 9.80. The van der Waals surface area contributed by atoms with E-state index in [9.17, 15) is 4.79 Å². The fourth-order valence-corrected chi connectivity index (χ4v) is 7.50. The highest BCUT2D eigenvalue weighted by Crippen LogP contribution is 2.70. The molecule has 0 spiro atoms.